The number of rotatable bonds is 11. The molecule has 4 aromatic heterocycles. The standard InChI is InChI=1S/C30H33N9O3S2/c1-19-26(35-18-43-19)25-13-20-15-33-30(37-23-5-3-22(4-6-23)36-24-7-9-31-10-8-24)38-27(20)39(29(25)40)16-21-14-32-17-34-28(21)44(41)12-11-42-2/h3-6,13-15,17-18,24,31,36H,7-12,16H2,1-2H3,(H,33,37,38). The van der Waals surface area contributed by atoms with E-state index in [1.807, 2.05) is 31.2 Å². The predicted octanol–water partition coefficient (Wildman–Crippen LogP) is 3.72. The monoisotopic (exact) mass is 631 g/mol. The minimum Gasteiger partial charge on any atom is -0.610 e. The summed E-state index contributed by atoms with van der Waals surface area (Å²) in [4.78, 5) is 37.2. The van der Waals surface area contributed by atoms with Gasteiger partial charge < -0.3 is 25.2 Å². The topological polar surface area (TPSA) is 155 Å². The molecule has 5 aromatic rings. The summed E-state index contributed by atoms with van der Waals surface area (Å²) in [5.41, 5.74) is 5.36. The van der Waals surface area contributed by atoms with Gasteiger partial charge in [0, 0.05) is 58.4 Å². The number of nitrogens with zero attached hydrogens (tertiary/aromatic N) is 6. The number of anilines is 3. The first kappa shape index (κ1) is 30.1. The maximum Gasteiger partial charge on any atom is 0.262 e. The molecule has 0 spiro atoms. The van der Waals surface area contributed by atoms with Crippen molar-refractivity contribution in [3.63, 3.8) is 0 Å². The van der Waals surface area contributed by atoms with E-state index in [1.165, 1.54) is 17.7 Å². The predicted molar refractivity (Wildman–Crippen MR) is 173 cm³/mol. The number of thiazole rings is 1. The Morgan fingerprint density at radius 3 is 2.68 bits per heavy atom. The van der Waals surface area contributed by atoms with Crippen molar-refractivity contribution in [2.45, 2.75) is 37.4 Å². The fraction of sp³-hybridized carbons (Fsp3) is 0.333. The number of hydrogen-bond acceptors (Lipinski definition) is 12. The summed E-state index contributed by atoms with van der Waals surface area (Å²) >= 11 is 0.0328. The third-order valence-corrected chi connectivity index (χ3v) is 9.54. The number of fused-ring (bicyclic) bond motifs is 1. The second-order valence-corrected chi connectivity index (χ2v) is 13.0. The molecule has 0 saturated carbocycles. The lowest BCUT2D eigenvalue weighted by molar-refractivity contribution is 0.217. The number of benzene rings is 1. The van der Waals surface area contributed by atoms with Gasteiger partial charge in [-0.2, -0.15) is 9.97 Å². The van der Waals surface area contributed by atoms with Gasteiger partial charge in [0.15, 0.2) is 0 Å². The highest BCUT2D eigenvalue weighted by molar-refractivity contribution is 7.91. The average molecular weight is 632 g/mol. The van der Waals surface area contributed by atoms with Gasteiger partial charge in [-0.1, -0.05) is 0 Å². The first-order chi connectivity index (χ1) is 21.5. The number of aromatic nitrogens is 6. The van der Waals surface area contributed by atoms with Gasteiger partial charge in [-0.3, -0.25) is 9.36 Å². The molecule has 1 saturated heterocycles. The van der Waals surface area contributed by atoms with Crippen LogP contribution in [-0.4, -0.2) is 72.6 Å². The number of methoxy groups -OCH3 is 1. The Morgan fingerprint density at radius 2 is 1.93 bits per heavy atom. The van der Waals surface area contributed by atoms with Crippen molar-refractivity contribution in [1.29, 1.82) is 0 Å². The Balaban J connectivity index is 1.35. The lowest BCUT2D eigenvalue weighted by Crippen LogP contribution is -2.35. The molecule has 12 nitrogen and oxygen atoms in total. The summed E-state index contributed by atoms with van der Waals surface area (Å²) in [6.45, 7) is 4.36. The van der Waals surface area contributed by atoms with Crippen molar-refractivity contribution in [2.75, 3.05) is 43.2 Å². The third-order valence-electron chi connectivity index (χ3n) is 7.44. The summed E-state index contributed by atoms with van der Waals surface area (Å²) < 4.78 is 19.7. The second-order valence-electron chi connectivity index (χ2n) is 10.4. The van der Waals surface area contributed by atoms with Crippen LogP contribution < -0.4 is 21.5 Å². The number of piperidine rings is 1. The van der Waals surface area contributed by atoms with Crippen molar-refractivity contribution in [3.8, 4) is 11.3 Å². The van der Waals surface area contributed by atoms with Crippen LogP contribution in [0.3, 0.4) is 0 Å². The summed E-state index contributed by atoms with van der Waals surface area (Å²) in [6, 6.07) is 10.2. The number of aryl methyl sites for hydroxylation is 1. The molecule has 228 valence electrons. The largest absolute Gasteiger partial charge is 0.610 e. The Hall–Kier alpha value is -3.95. The normalized spacial score (nSPS) is 14.5. The zero-order chi connectivity index (χ0) is 30.5. The van der Waals surface area contributed by atoms with Crippen molar-refractivity contribution < 1.29 is 9.29 Å². The summed E-state index contributed by atoms with van der Waals surface area (Å²) in [6.07, 6.45) is 6.83. The highest BCUT2D eigenvalue weighted by atomic mass is 32.2. The van der Waals surface area contributed by atoms with Crippen LogP contribution in [0.1, 0.15) is 23.3 Å². The van der Waals surface area contributed by atoms with Crippen LogP contribution in [-0.2, 0) is 22.5 Å². The van der Waals surface area contributed by atoms with E-state index < -0.39 is 11.2 Å². The third kappa shape index (κ3) is 6.74. The van der Waals surface area contributed by atoms with Crippen LogP contribution in [0, 0.1) is 6.92 Å². The first-order valence-corrected chi connectivity index (χ1v) is 16.5. The molecule has 0 amide bonds. The quantitative estimate of drug-likeness (QED) is 0.144. The first-order valence-electron chi connectivity index (χ1n) is 14.3. The average Bonchev–Trinajstić information content (AvgIpc) is 3.48. The molecule has 1 aliphatic heterocycles. The van der Waals surface area contributed by atoms with E-state index >= 15 is 0 Å². The zero-order valence-electron chi connectivity index (χ0n) is 24.4. The molecule has 6 rings (SSSR count). The SMILES string of the molecule is COCC[S+]([O-])c1ncncc1Cn1c(=O)c(-c2ncsc2C)cc2cnc(Nc3ccc(NC4CCNCC4)cc3)nc21. The second kappa shape index (κ2) is 13.8. The molecular formula is C30H33N9O3S2. The van der Waals surface area contributed by atoms with Crippen LogP contribution >= 0.6 is 11.3 Å². The summed E-state index contributed by atoms with van der Waals surface area (Å²) in [5.74, 6) is 0.617. The van der Waals surface area contributed by atoms with Gasteiger partial charge in [0.25, 0.3) is 10.6 Å². The minimum absolute atomic E-state index is 0.0642. The highest BCUT2D eigenvalue weighted by Gasteiger charge is 2.22. The van der Waals surface area contributed by atoms with E-state index in [0.717, 1.165) is 42.2 Å². The number of ether oxygens (including phenoxy) is 1. The van der Waals surface area contributed by atoms with E-state index in [-0.39, 0.29) is 17.9 Å². The van der Waals surface area contributed by atoms with E-state index in [2.05, 4.69) is 35.9 Å². The van der Waals surface area contributed by atoms with E-state index in [9.17, 15) is 9.35 Å². The molecule has 1 atom stereocenters. The fourth-order valence-electron chi connectivity index (χ4n) is 5.17. The molecule has 44 heavy (non-hydrogen) atoms. The maximum absolute atomic E-state index is 14.1. The van der Waals surface area contributed by atoms with Crippen molar-refractivity contribution in [3.05, 3.63) is 75.4 Å². The van der Waals surface area contributed by atoms with Gasteiger partial charge in [-0.05, 0) is 63.2 Å². The molecule has 1 unspecified atom stereocenters. The molecule has 0 bridgehead atoms. The van der Waals surface area contributed by atoms with Gasteiger partial charge in [0.05, 0.1) is 35.5 Å². The highest BCUT2D eigenvalue weighted by Crippen LogP contribution is 2.26. The number of nitrogens with one attached hydrogen (secondary N) is 3. The molecule has 14 heteroatoms. The van der Waals surface area contributed by atoms with Crippen LogP contribution in [0.5, 0.6) is 0 Å². The minimum atomic E-state index is -1.44. The molecule has 3 N–H and O–H groups in total. The molecule has 1 aliphatic rings. The Kier molecular flexibility index (Phi) is 9.43. The Bertz CT molecular complexity index is 1790. The van der Waals surface area contributed by atoms with Crippen molar-refractivity contribution in [1.82, 2.24) is 34.8 Å². The number of hydrogen-bond donors (Lipinski definition) is 3. The smallest absolute Gasteiger partial charge is 0.262 e. The van der Waals surface area contributed by atoms with Gasteiger partial charge >= 0.3 is 0 Å². The van der Waals surface area contributed by atoms with Crippen LogP contribution in [0.4, 0.5) is 17.3 Å². The van der Waals surface area contributed by atoms with Crippen molar-refractivity contribution >= 4 is 50.9 Å². The molecule has 0 aliphatic carbocycles. The lowest BCUT2D eigenvalue weighted by Gasteiger charge is -2.24. The van der Waals surface area contributed by atoms with E-state index in [4.69, 9.17) is 9.72 Å². The van der Waals surface area contributed by atoms with Crippen LogP contribution in [0.25, 0.3) is 22.3 Å². The Labute approximate surface area is 261 Å². The Morgan fingerprint density at radius 1 is 1.14 bits per heavy atom. The zero-order valence-corrected chi connectivity index (χ0v) is 26.1. The maximum atomic E-state index is 14.1. The van der Waals surface area contributed by atoms with Gasteiger partial charge in [-0.15, -0.1) is 11.3 Å². The van der Waals surface area contributed by atoms with Crippen LogP contribution in [0.2, 0.25) is 0 Å². The van der Waals surface area contributed by atoms with Gasteiger partial charge in [-0.25, -0.2) is 15.0 Å². The van der Waals surface area contributed by atoms with Gasteiger partial charge in [0.1, 0.15) is 17.7 Å². The molecule has 1 fully saturated rings. The lowest BCUT2D eigenvalue weighted by atomic mass is 10.1. The van der Waals surface area contributed by atoms with Gasteiger partial charge in [0.2, 0.25) is 5.95 Å². The van der Waals surface area contributed by atoms with Crippen molar-refractivity contribution in [2.24, 2.45) is 0 Å². The molecule has 0 radical (unpaired) electrons. The summed E-state index contributed by atoms with van der Waals surface area (Å²) in [5, 5.41) is 11.3. The number of pyridine rings is 1. The summed E-state index contributed by atoms with van der Waals surface area (Å²) in [7, 11) is 1.56. The van der Waals surface area contributed by atoms with E-state index in [1.54, 1.807) is 35.6 Å². The van der Waals surface area contributed by atoms with E-state index in [0.29, 0.717) is 51.5 Å². The van der Waals surface area contributed by atoms with Crippen LogP contribution in [0.15, 0.2) is 64.4 Å². The molecular weight excluding hydrogens is 599 g/mol. The molecule has 5 heterocycles. The molecule has 1 aromatic carbocycles. The fourth-order valence-corrected chi connectivity index (χ4v) is 6.84.